The summed E-state index contributed by atoms with van der Waals surface area (Å²) in [6, 6.07) is 0. The molecule has 0 aromatic rings. The maximum Gasteiger partial charge on any atom is 0.0812 e. The van der Waals surface area contributed by atoms with Gasteiger partial charge in [-0.1, -0.05) is 18.6 Å². The lowest BCUT2D eigenvalue weighted by molar-refractivity contribution is 0.362. The van der Waals surface area contributed by atoms with Crippen molar-refractivity contribution in [2.75, 3.05) is 6.61 Å². The zero-order chi connectivity index (χ0) is 8.27. The SMILES string of the molecule is CC(C)=CCC(C)CC1CO1. The minimum Gasteiger partial charge on any atom is -0.373 e. The fourth-order valence-corrected chi connectivity index (χ4v) is 1.19. The minimum atomic E-state index is 0.593. The second-order valence-electron chi connectivity index (χ2n) is 3.81. The van der Waals surface area contributed by atoms with Crippen LogP contribution in [0.2, 0.25) is 0 Å². The second-order valence-corrected chi connectivity index (χ2v) is 3.81. The Morgan fingerprint density at radius 3 is 2.73 bits per heavy atom. The molecule has 1 rings (SSSR count). The Morgan fingerprint density at radius 2 is 2.27 bits per heavy atom. The summed E-state index contributed by atoms with van der Waals surface area (Å²) >= 11 is 0. The van der Waals surface area contributed by atoms with Crippen molar-refractivity contribution in [3.63, 3.8) is 0 Å². The number of allylic oxidation sites excluding steroid dienone is 2. The highest BCUT2D eigenvalue weighted by Gasteiger charge is 2.23. The van der Waals surface area contributed by atoms with Crippen molar-refractivity contribution in [3.8, 4) is 0 Å². The molecule has 0 bridgehead atoms. The zero-order valence-corrected chi connectivity index (χ0v) is 7.76. The Labute approximate surface area is 69.4 Å². The van der Waals surface area contributed by atoms with Gasteiger partial charge in [0.1, 0.15) is 0 Å². The monoisotopic (exact) mass is 154 g/mol. The smallest absolute Gasteiger partial charge is 0.0812 e. The molecule has 0 saturated carbocycles. The third-order valence-electron chi connectivity index (χ3n) is 2.00. The highest BCUT2D eigenvalue weighted by molar-refractivity contribution is 4.94. The highest BCUT2D eigenvalue weighted by atomic mass is 16.6. The Bertz CT molecular complexity index is 141. The Balaban J connectivity index is 2.09. The van der Waals surface area contributed by atoms with Gasteiger partial charge >= 0.3 is 0 Å². The van der Waals surface area contributed by atoms with E-state index in [-0.39, 0.29) is 0 Å². The van der Waals surface area contributed by atoms with Crippen LogP contribution in [-0.2, 0) is 4.74 Å². The average molecular weight is 154 g/mol. The highest BCUT2D eigenvalue weighted by Crippen LogP contribution is 2.21. The van der Waals surface area contributed by atoms with Crippen molar-refractivity contribution in [3.05, 3.63) is 11.6 Å². The number of hydrogen-bond acceptors (Lipinski definition) is 1. The lowest BCUT2D eigenvalue weighted by Crippen LogP contribution is -1.97. The van der Waals surface area contributed by atoms with Gasteiger partial charge in [-0.2, -0.15) is 0 Å². The molecule has 1 nitrogen and oxygen atoms in total. The van der Waals surface area contributed by atoms with Gasteiger partial charge in [-0.15, -0.1) is 0 Å². The Hall–Kier alpha value is -0.300. The summed E-state index contributed by atoms with van der Waals surface area (Å²) in [6.07, 6.45) is 5.36. The van der Waals surface area contributed by atoms with E-state index in [1.165, 1.54) is 18.4 Å². The first kappa shape index (κ1) is 8.79. The van der Waals surface area contributed by atoms with E-state index in [2.05, 4.69) is 26.8 Å². The molecule has 0 aromatic heterocycles. The predicted octanol–water partition coefficient (Wildman–Crippen LogP) is 2.77. The van der Waals surface area contributed by atoms with Crippen LogP contribution >= 0.6 is 0 Å². The van der Waals surface area contributed by atoms with Gasteiger partial charge in [0, 0.05) is 0 Å². The third-order valence-corrected chi connectivity index (χ3v) is 2.00. The van der Waals surface area contributed by atoms with Gasteiger partial charge in [-0.3, -0.25) is 0 Å². The van der Waals surface area contributed by atoms with E-state index in [9.17, 15) is 0 Å². The second kappa shape index (κ2) is 3.91. The maximum absolute atomic E-state index is 5.17. The lowest BCUT2D eigenvalue weighted by Gasteiger charge is -2.05. The average Bonchev–Trinajstić information content (AvgIpc) is 2.67. The van der Waals surface area contributed by atoms with E-state index in [1.807, 2.05) is 0 Å². The standard InChI is InChI=1S/C10H18O/c1-8(2)4-5-9(3)6-10-7-11-10/h4,9-10H,5-7H2,1-3H3. The fourth-order valence-electron chi connectivity index (χ4n) is 1.19. The predicted molar refractivity (Wildman–Crippen MR) is 47.6 cm³/mol. The Kier molecular flexibility index (Phi) is 3.13. The van der Waals surface area contributed by atoms with Crippen LogP contribution in [0.4, 0.5) is 0 Å². The van der Waals surface area contributed by atoms with Crippen molar-refractivity contribution in [2.24, 2.45) is 5.92 Å². The molecule has 0 amide bonds. The number of epoxide rings is 1. The van der Waals surface area contributed by atoms with Gasteiger partial charge in [0.2, 0.25) is 0 Å². The molecule has 0 N–H and O–H groups in total. The van der Waals surface area contributed by atoms with Crippen LogP contribution in [-0.4, -0.2) is 12.7 Å². The molecule has 0 radical (unpaired) electrons. The molecule has 0 aliphatic carbocycles. The molecule has 1 saturated heterocycles. The Morgan fingerprint density at radius 1 is 1.64 bits per heavy atom. The summed E-state index contributed by atoms with van der Waals surface area (Å²) in [7, 11) is 0. The number of hydrogen-bond donors (Lipinski definition) is 0. The fraction of sp³-hybridized carbons (Fsp3) is 0.800. The molecule has 2 atom stereocenters. The first-order valence-corrected chi connectivity index (χ1v) is 4.43. The van der Waals surface area contributed by atoms with Crippen molar-refractivity contribution in [1.82, 2.24) is 0 Å². The van der Waals surface area contributed by atoms with Crippen LogP contribution in [0.15, 0.2) is 11.6 Å². The molecular formula is C10H18O. The van der Waals surface area contributed by atoms with Crippen LogP contribution in [0.3, 0.4) is 0 Å². The minimum absolute atomic E-state index is 0.593. The van der Waals surface area contributed by atoms with E-state index in [0.29, 0.717) is 6.10 Å². The van der Waals surface area contributed by atoms with Crippen LogP contribution in [0, 0.1) is 5.92 Å². The lowest BCUT2D eigenvalue weighted by atomic mass is 10.0. The quantitative estimate of drug-likeness (QED) is 0.448. The van der Waals surface area contributed by atoms with Crippen LogP contribution in [0.1, 0.15) is 33.6 Å². The van der Waals surface area contributed by atoms with Crippen molar-refractivity contribution in [2.45, 2.75) is 39.7 Å². The first-order chi connectivity index (χ1) is 5.18. The van der Waals surface area contributed by atoms with E-state index < -0.39 is 0 Å². The van der Waals surface area contributed by atoms with Gasteiger partial charge in [0.15, 0.2) is 0 Å². The molecule has 64 valence electrons. The van der Waals surface area contributed by atoms with Crippen molar-refractivity contribution in [1.29, 1.82) is 0 Å². The number of ether oxygens (including phenoxy) is 1. The van der Waals surface area contributed by atoms with Crippen LogP contribution in [0.5, 0.6) is 0 Å². The van der Waals surface area contributed by atoms with Gasteiger partial charge in [-0.05, 0) is 32.6 Å². The number of rotatable bonds is 4. The molecule has 0 aromatic carbocycles. The summed E-state index contributed by atoms with van der Waals surface area (Å²) in [5.74, 6) is 0.789. The summed E-state index contributed by atoms with van der Waals surface area (Å²) in [5.41, 5.74) is 1.42. The summed E-state index contributed by atoms with van der Waals surface area (Å²) in [5, 5.41) is 0. The van der Waals surface area contributed by atoms with Crippen molar-refractivity contribution >= 4 is 0 Å². The zero-order valence-electron chi connectivity index (χ0n) is 7.76. The van der Waals surface area contributed by atoms with Gasteiger partial charge in [0.05, 0.1) is 12.7 Å². The molecule has 1 fully saturated rings. The maximum atomic E-state index is 5.17. The molecule has 1 aliphatic rings. The van der Waals surface area contributed by atoms with E-state index in [4.69, 9.17) is 4.74 Å². The summed E-state index contributed by atoms with van der Waals surface area (Å²) in [4.78, 5) is 0. The molecule has 2 unspecified atom stereocenters. The van der Waals surface area contributed by atoms with Gasteiger partial charge in [-0.25, -0.2) is 0 Å². The van der Waals surface area contributed by atoms with E-state index >= 15 is 0 Å². The molecular weight excluding hydrogens is 136 g/mol. The van der Waals surface area contributed by atoms with E-state index in [1.54, 1.807) is 0 Å². The van der Waals surface area contributed by atoms with Crippen LogP contribution < -0.4 is 0 Å². The largest absolute Gasteiger partial charge is 0.373 e. The molecule has 1 heterocycles. The summed E-state index contributed by atoms with van der Waals surface area (Å²) in [6.45, 7) is 7.60. The molecule has 0 spiro atoms. The van der Waals surface area contributed by atoms with E-state index in [0.717, 1.165) is 12.5 Å². The van der Waals surface area contributed by atoms with Crippen molar-refractivity contribution < 1.29 is 4.74 Å². The van der Waals surface area contributed by atoms with Gasteiger partial charge in [0.25, 0.3) is 0 Å². The molecule has 11 heavy (non-hydrogen) atoms. The normalized spacial score (nSPS) is 24.5. The summed E-state index contributed by atoms with van der Waals surface area (Å²) < 4.78 is 5.17. The third kappa shape index (κ3) is 4.20. The first-order valence-electron chi connectivity index (χ1n) is 4.43. The topological polar surface area (TPSA) is 12.5 Å². The van der Waals surface area contributed by atoms with Crippen LogP contribution in [0.25, 0.3) is 0 Å². The molecule has 1 heteroatoms. The molecule has 1 aliphatic heterocycles. The van der Waals surface area contributed by atoms with Gasteiger partial charge < -0.3 is 4.74 Å².